The predicted octanol–water partition coefficient (Wildman–Crippen LogP) is 4.44. The molecule has 0 bridgehead atoms. The molecule has 0 radical (unpaired) electrons. The molecule has 5 unspecified atom stereocenters. The minimum Gasteiger partial charge on any atom is -0.508 e. The van der Waals surface area contributed by atoms with E-state index in [1.165, 1.54) is 0 Å². The van der Waals surface area contributed by atoms with Gasteiger partial charge in [0.05, 0.1) is 11.5 Å². The van der Waals surface area contributed by atoms with Crippen molar-refractivity contribution < 1.29 is 14.9 Å². The quantitative estimate of drug-likeness (QED) is 0.552. The van der Waals surface area contributed by atoms with Gasteiger partial charge in [-0.3, -0.25) is 0 Å². The van der Waals surface area contributed by atoms with Gasteiger partial charge in [0.2, 0.25) is 0 Å². The van der Waals surface area contributed by atoms with Crippen molar-refractivity contribution in [3.63, 3.8) is 0 Å². The van der Waals surface area contributed by atoms with Gasteiger partial charge >= 0.3 is 0 Å². The summed E-state index contributed by atoms with van der Waals surface area (Å²) in [6.07, 6.45) is 5.76. The average molecular weight is 330 g/mol. The first-order valence-electron chi connectivity index (χ1n) is 9.16. The molecule has 0 aromatic rings. The van der Waals surface area contributed by atoms with Crippen LogP contribution in [0.25, 0.3) is 0 Å². The predicted molar refractivity (Wildman–Crippen MR) is 94.6 cm³/mol. The van der Waals surface area contributed by atoms with Crippen molar-refractivity contribution in [1.29, 1.82) is 0 Å². The number of aliphatic hydroxyl groups excluding tert-OH is 2. The van der Waals surface area contributed by atoms with Crippen LogP contribution in [0.15, 0.2) is 36.1 Å². The van der Waals surface area contributed by atoms with E-state index in [0.29, 0.717) is 12.8 Å². The zero-order chi connectivity index (χ0) is 17.8. The number of ether oxygens (including phenoxy) is 1. The molecule has 4 aliphatic rings. The monoisotopic (exact) mass is 330 g/mol. The van der Waals surface area contributed by atoms with Crippen molar-refractivity contribution in [2.75, 3.05) is 0 Å². The van der Waals surface area contributed by atoms with E-state index < -0.39 is 22.7 Å². The number of hydrogen-bond donors (Lipinski definition) is 2. The fourth-order valence-electron chi connectivity index (χ4n) is 6.40. The number of epoxide rings is 1. The normalized spacial score (nSPS) is 52.2. The highest BCUT2D eigenvalue weighted by atomic mass is 16.6. The van der Waals surface area contributed by atoms with Crippen molar-refractivity contribution in [1.82, 2.24) is 0 Å². The van der Waals surface area contributed by atoms with Crippen LogP contribution >= 0.6 is 0 Å². The Labute approximate surface area is 145 Å². The van der Waals surface area contributed by atoms with Crippen LogP contribution in [0.3, 0.4) is 0 Å². The van der Waals surface area contributed by atoms with Crippen LogP contribution in [-0.4, -0.2) is 27.5 Å². The molecule has 5 atom stereocenters. The third-order valence-electron chi connectivity index (χ3n) is 8.00. The summed E-state index contributed by atoms with van der Waals surface area (Å²) in [4.78, 5) is 0. The molecular formula is C21H30O3. The van der Waals surface area contributed by atoms with Crippen LogP contribution < -0.4 is 0 Å². The maximum Gasteiger partial charge on any atom is 0.132 e. The molecule has 2 N–H and O–H groups in total. The summed E-state index contributed by atoms with van der Waals surface area (Å²) in [6, 6.07) is 0. The van der Waals surface area contributed by atoms with Crippen LogP contribution in [0, 0.1) is 16.2 Å². The summed E-state index contributed by atoms with van der Waals surface area (Å²) in [7, 11) is 0. The van der Waals surface area contributed by atoms with Crippen LogP contribution in [0.4, 0.5) is 0 Å². The summed E-state index contributed by atoms with van der Waals surface area (Å²) >= 11 is 0. The molecular weight excluding hydrogens is 300 g/mol. The van der Waals surface area contributed by atoms with Crippen LogP contribution in [-0.2, 0) is 4.74 Å². The molecule has 4 rings (SSSR count). The lowest BCUT2D eigenvalue weighted by Crippen LogP contribution is -2.62. The summed E-state index contributed by atoms with van der Waals surface area (Å²) in [6.45, 7) is 16.8. The zero-order valence-electron chi connectivity index (χ0n) is 15.4. The first-order chi connectivity index (χ1) is 11.0. The smallest absolute Gasteiger partial charge is 0.132 e. The topological polar surface area (TPSA) is 53.0 Å². The molecule has 0 amide bonds. The molecule has 0 aromatic carbocycles. The van der Waals surface area contributed by atoms with Gasteiger partial charge in [-0.25, -0.2) is 0 Å². The van der Waals surface area contributed by atoms with E-state index in [1.54, 1.807) is 0 Å². The summed E-state index contributed by atoms with van der Waals surface area (Å²) in [5.41, 5.74) is -0.189. The minimum atomic E-state index is -0.560. The van der Waals surface area contributed by atoms with E-state index in [4.69, 9.17) is 4.74 Å². The van der Waals surface area contributed by atoms with Crippen LogP contribution in [0.2, 0.25) is 0 Å². The fraction of sp³-hybridized carbons (Fsp3) is 0.714. The van der Waals surface area contributed by atoms with Crippen molar-refractivity contribution in [2.45, 2.75) is 77.1 Å². The largest absolute Gasteiger partial charge is 0.508 e. The zero-order valence-corrected chi connectivity index (χ0v) is 15.4. The summed E-state index contributed by atoms with van der Waals surface area (Å²) in [5.74, 6) is 0.271. The highest BCUT2D eigenvalue weighted by Crippen LogP contribution is 2.80. The van der Waals surface area contributed by atoms with Gasteiger partial charge in [-0.2, -0.15) is 0 Å². The number of allylic oxidation sites excluding steroid dienone is 1. The molecule has 132 valence electrons. The molecule has 3 nitrogen and oxygen atoms in total. The molecule has 1 heterocycles. The average Bonchev–Trinajstić information content (AvgIpc) is 3.22. The van der Waals surface area contributed by atoms with Gasteiger partial charge in [-0.05, 0) is 43.1 Å². The fourth-order valence-corrected chi connectivity index (χ4v) is 6.40. The van der Waals surface area contributed by atoms with Crippen molar-refractivity contribution in [3.8, 4) is 0 Å². The van der Waals surface area contributed by atoms with Crippen LogP contribution in [0.1, 0.15) is 59.8 Å². The number of aliphatic hydroxyl groups is 2. The van der Waals surface area contributed by atoms with Gasteiger partial charge in [0, 0.05) is 11.0 Å². The SMILES string of the molecule is C=CC1(C)CC2=C(O)C(=C)C34OC3(CCCC4(C)C)C2(C)C(O)C1. The van der Waals surface area contributed by atoms with Crippen molar-refractivity contribution in [2.24, 2.45) is 16.2 Å². The maximum atomic E-state index is 11.2. The molecule has 1 aliphatic heterocycles. The van der Waals surface area contributed by atoms with Crippen LogP contribution in [0.5, 0.6) is 0 Å². The molecule has 3 fully saturated rings. The third kappa shape index (κ3) is 1.41. The molecule has 0 aromatic heterocycles. The highest BCUT2D eigenvalue weighted by molar-refractivity contribution is 5.58. The van der Waals surface area contributed by atoms with E-state index in [2.05, 4.69) is 40.9 Å². The van der Waals surface area contributed by atoms with Crippen molar-refractivity contribution in [3.05, 3.63) is 36.1 Å². The second-order valence-corrected chi connectivity index (χ2v) is 9.61. The van der Waals surface area contributed by atoms with E-state index in [0.717, 1.165) is 30.4 Å². The second kappa shape index (κ2) is 4.19. The summed E-state index contributed by atoms with van der Waals surface area (Å²) in [5, 5.41) is 22.3. The van der Waals surface area contributed by atoms with Gasteiger partial charge in [0.15, 0.2) is 0 Å². The van der Waals surface area contributed by atoms with E-state index in [1.807, 2.05) is 6.08 Å². The van der Waals surface area contributed by atoms with E-state index >= 15 is 0 Å². The van der Waals surface area contributed by atoms with Gasteiger partial charge in [0.25, 0.3) is 0 Å². The van der Waals surface area contributed by atoms with Crippen molar-refractivity contribution >= 4 is 0 Å². The summed E-state index contributed by atoms with van der Waals surface area (Å²) < 4.78 is 6.57. The number of fused-ring (bicyclic) bond motifs is 1. The Morgan fingerprint density at radius 3 is 2.50 bits per heavy atom. The molecule has 2 saturated carbocycles. The first-order valence-corrected chi connectivity index (χ1v) is 9.16. The number of hydrogen-bond acceptors (Lipinski definition) is 3. The highest BCUT2D eigenvalue weighted by Gasteiger charge is 2.87. The van der Waals surface area contributed by atoms with Gasteiger partial charge < -0.3 is 14.9 Å². The Hall–Kier alpha value is -1.06. The van der Waals surface area contributed by atoms with E-state index in [-0.39, 0.29) is 16.6 Å². The second-order valence-electron chi connectivity index (χ2n) is 9.61. The van der Waals surface area contributed by atoms with Gasteiger partial charge in [0.1, 0.15) is 17.0 Å². The van der Waals surface area contributed by atoms with Gasteiger partial charge in [-0.1, -0.05) is 40.3 Å². The Kier molecular flexibility index (Phi) is 2.86. The lowest BCUT2D eigenvalue weighted by molar-refractivity contribution is -0.0559. The molecule has 0 spiro atoms. The molecule has 3 heteroatoms. The Bertz CT molecular complexity index is 689. The standard InChI is InChI=1S/C21H30O3/c1-7-18(5)11-14-16(23)13(2)21-17(3,4)9-8-10-20(21,24-21)19(14,6)15(22)12-18/h7,15,22-23H,1-2,8-12H2,3-6H3. The lowest BCUT2D eigenvalue weighted by Gasteiger charge is -2.56. The number of rotatable bonds is 1. The Morgan fingerprint density at radius 2 is 1.88 bits per heavy atom. The minimum absolute atomic E-state index is 0.0935. The Balaban J connectivity index is 1.96. The first kappa shape index (κ1) is 16.4. The molecule has 1 saturated heterocycles. The Morgan fingerprint density at radius 1 is 1.21 bits per heavy atom. The molecule has 3 aliphatic carbocycles. The van der Waals surface area contributed by atoms with E-state index in [9.17, 15) is 10.2 Å². The third-order valence-corrected chi connectivity index (χ3v) is 8.00. The van der Waals surface area contributed by atoms with Gasteiger partial charge in [-0.15, -0.1) is 6.58 Å². The maximum absolute atomic E-state index is 11.2. The lowest BCUT2D eigenvalue weighted by atomic mass is 9.45. The molecule has 24 heavy (non-hydrogen) atoms.